The lowest BCUT2D eigenvalue weighted by Crippen LogP contribution is -2.40. The van der Waals surface area contributed by atoms with Crippen molar-refractivity contribution in [3.63, 3.8) is 0 Å². The van der Waals surface area contributed by atoms with Crippen LogP contribution in [0.4, 0.5) is 20.7 Å². The van der Waals surface area contributed by atoms with E-state index in [1.54, 1.807) is 22.9 Å². The zero-order chi connectivity index (χ0) is 27.3. The lowest BCUT2D eigenvalue weighted by molar-refractivity contribution is -0.116. The van der Waals surface area contributed by atoms with E-state index >= 15 is 0 Å². The number of nitrogens with zero attached hydrogens (tertiary/aromatic N) is 3. The monoisotopic (exact) mass is 533 g/mol. The number of anilines is 2. The van der Waals surface area contributed by atoms with Crippen molar-refractivity contribution in [2.24, 2.45) is 0 Å². The highest BCUT2D eigenvalue weighted by atomic mass is 35.5. The van der Waals surface area contributed by atoms with Gasteiger partial charge in [-0.1, -0.05) is 80.9 Å². The molecule has 0 atom stereocenters. The molecule has 0 aliphatic heterocycles. The molecule has 2 N–H and O–H groups in total. The molecule has 3 aromatic carbocycles. The summed E-state index contributed by atoms with van der Waals surface area (Å²) >= 11 is 6.43. The molecular formula is C29H29ClFN5O2. The normalized spacial score (nSPS) is 11.2. The third kappa shape index (κ3) is 6.77. The molecule has 0 radical (unpaired) electrons. The molecule has 0 bridgehead atoms. The third-order valence-corrected chi connectivity index (χ3v) is 6.06. The van der Waals surface area contributed by atoms with E-state index in [9.17, 15) is 14.0 Å². The standard InChI is InChI=1S/C29H29ClFN5O2/c1-29(2,3)25-17-26(36(34-25)24-15-8-7-14-23(24)30)33-27(37)19-35(18-20-10-5-4-6-11-20)28(38)32-22-13-9-12-21(31)16-22/h4-17H,18-19H2,1-3H3,(H,32,38)(H,33,37). The first-order chi connectivity index (χ1) is 18.1. The van der Waals surface area contributed by atoms with E-state index in [2.05, 4.69) is 10.6 Å². The Morgan fingerprint density at radius 2 is 1.66 bits per heavy atom. The van der Waals surface area contributed by atoms with Gasteiger partial charge in [0, 0.05) is 23.7 Å². The SMILES string of the molecule is CC(C)(C)c1cc(NC(=O)CN(Cc2ccccc2)C(=O)Nc2cccc(F)c2)n(-c2ccccc2Cl)n1. The van der Waals surface area contributed by atoms with E-state index in [-0.39, 0.29) is 18.5 Å². The summed E-state index contributed by atoms with van der Waals surface area (Å²) in [7, 11) is 0. The zero-order valence-electron chi connectivity index (χ0n) is 21.4. The minimum atomic E-state index is -0.537. The fourth-order valence-corrected chi connectivity index (χ4v) is 3.99. The second kappa shape index (κ2) is 11.5. The van der Waals surface area contributed by atoms with Crippen LogP contribution >= 0.6 is 11.6 Å². The Balaban J connectivity index is 1.59. The molecule has 0 aliphatic carbocycles. The van der Waals surface area contributed by atoms with Crippen LogP contribution in [0.25, 0.3) is 5.69 Å². The molecule has 0 unspecified atom stereocenters. The number of carbonyl (C=O) groups is 2. The van der Waals surface area contributed by atoms with Gasteiger partial charge < -0.3 is 15.5 Å². The minimum Gasteiger partial charge on any atom is -0.311 e. The number of halogens is 2. The van der Waals surface area contributed by atoms with Crippen LogP contribution in [0.5, 0.6) is 0 Å². The Kier molecular flexibility index (Phi) is 8.12. The summed E-state index contributed by atoms with van der Waals surface area (Å²) in [5.74, 6) is -0.472. The van der Waals surface area contributed by atoms with Crippen molar-refractivity contribution in [3.05, 3.63) is 107 Å². The summed E-state index contributed by atoms with van der Waals surface area (Å²) < 4.78 is 15.3. The van der Waals surface area contributed by atoms with E-state index < -0.39 is 17.8 Å². The molecule has 0 saturated heterocycles. The molecule has 1 aromatic heterocycles. The van der Waals surface area contributed by atoms with E-state index in [0.717, 1.165) is 11.3 Å². The second-order valence-electron chi connectivity index (χ2n) is 9.86. The first-order valence-corrected chi connectivity index (χ1v) is 12.5. The van der Waals surface area contributed by atoms with Crippen molar-refractivity contribution in [1.82, 2.24) is 14.7 Å². The van der Waals surface area contributed by atoms with Crippen molar-refractivity contribution in [1.29, 1.82) is 0 Å². The summed E-state index contributed by atoms with van der Waals surface area (Å²) in [6, 6.07) is 23.4. The zero-order valence-corrected chi connectivity index (χ0v) is 22.2. The van der Waals surface area contributed by atoms with Crippen molar-refractivity contribution in [2.45, 2.75) is 32.7 Å². The number of hydrogen-bond donors (Lipinski definition) is 2. The maximum atomic E-state index is 13.7. The molecule has 4 rings (SSSR count). The number of benzene rings is 3. The molecule has 9 heteroatoms. The predicted molar refractivity (Wildman–Crippen MR) is 148 cm³/mol. The fourth-order valence-electron chi connectivity index (χ4n) is 3.77. The second-order valence-corrected chi connectivity index (χ2v) is 10.3. The molecule has 7 nitrogen and oxygen atoms in total. The first-order valence-electron chi connectivity index (χ1n) is 12.1. The molecule has 0 aliphatic rings. The van der Waals surface area contributed by atoms with Gasteiger partial charge in [0.15, 0.2) is 0 Å². The lowest BCUT2D eigenvalue weighted by atomic mass is 9.92. The molecule has 1 heterocycles. The summed E-state index contributed by atoms with van der Waals surface area (Å²) in [5, 5.41) is 10.7. The number of carbonyl (C=O) groups excluding carboxylic acids is 2. The van der Waals surface area contributed by atoms with Crippen LogP contribution < -0.4 is 10.6 Å². The number of urea groups is 1. The molecular weight excluding hydrogens is 505 g/mol. The highest BCUT2D eigenvalue weighted by Gasteiger charge is 2.24. The average Bonchev–Trinajstić information content (AvgIpc) is 3.28. The summed E-state index contributed by atoms with van der Waals surface area (Å²) in [5.41, 5.74) is 2.23. The summed E-state index contributed by atoms with van der Waals surface area (Å²) in [4.78, 5) is 27.8. The lowest BCUT2D eigenvalue weighted by Gasteiger charge is -2.23. The van der Waals surface area contributed by atoms with Gasteiger partial charge in [-0.25, -0.2) is 13.9 Å². The van der Waals surface area contributed by atoms with Gasteiger partial charge >= 0.3 is 6.03 Å². The van der Waals surface area contributed by atoms with Crippen molar-refractivity contribution in [2.75, 3.05) is 17.2 Å². The quantitative estimate of drug-likeness (QED) is 0.279. The number of nitrogens with one attached hydrogen (secondary N) is 2. The number of amides is 3. The van der Waals surface area contributed by atoms with Crippen molar-refractivity contribution >= 4 is 35.0 Å². The summed E-state index contributed by atoms with van der Waals surface area (Å²) in [6.45, 7) is 5.99. The van der Waals surface area contributed by atoms with Gasteiger partial charge in [0.25, 0.3) is 0 Å². The topological polar surface area (TPSA) is 79.3 Å². The first kappa shape index (κ1) is 26.9. The Labute approximate surface area is 226 Å². The Morgan fingerprint density at radius 3 is 2.34 bits per heavy atom. The Bertz CT molecular complexity index is 1430. The molecule has 0 saturated carbocycles. The smallest absolute Gasteiger partial charge is 0.311 e. The van der Waals surface area contributed by atoms with E-state index in [0.29, 0.717) is 22.2 Å². The van der Waals surface area contributed by atoms with Gasteiger partial charge in [0.2, 0.25) is 5.91 Å². The predicted octanol–water partition coefficient (Wildman–Crippen LogP) is 6.64. The Morgan fingerprint density at radius 1 is 0.947 bits per heavy atom. The highest BCUT2D eigenvalue weighted by Crippen LogP contribution is 2.29. The molecule has 4 aromatic rings. The molecule has 0 spiro atoms. The Hall–Kier alpha value is -4.17. The van der Waals surface area contributed by atoms with Crippen LogP contribution in [0.2, 0.25) is 5.02 Å². The number of aromatic nitrogens is 2. The van der Waals surface area contributed by atoms with E-state index in [4.69, 9.17) is 16.7 Å². The van der Waals surface area contributed by atoms with Gasteiger partial charge in [0.1, 0.15) is 18.2 Å². The maximum Gasteiger partial charge on any atom is 0.322 e. The largest absolute Gasteiger partial charge is 0.322 e. The number of para-hydroxylation sites is 1. The van der Waals surface area contributed by atoms with Crippen LogP contribution in [-0.2, 0) is 16.8 Å². The van der Waals surface area contributed by atoms with Crippen LogP contribution in [0.1, 0.15) is 32.0 Å². The highest BCUT2D eigenvalue weighted by molar-refractivity contribution is 6.32. The average molecular weight is 534 g/mol. The fraction of sp³-hybridized carbons (Fsp3) is 0.207. The maximum absolute atomic E-state index is 13.7. The van der Waals surface area contributed by atoms with Gasteiger partial charge in [-0.3, -0.25) is 4.79 Å². The van der Waals surface area contributed by atoms with Gasteiger partial charge in [-0.2, -0.15) is 5.10 Å². The third-order valence-electron chi connectivity index (χ3n) is 5.74. The molecule has 196 valence electrons. The van der Waals surface area contributed by atoms with Gasteiger partial charge in [0.05, 0.1) is 16.4 Å². The van der Waals surface area contributed by atoms with E-state index in [1.165, 1.54) is 23.1 Å². The van der Waals surface area contributed by atoms with E-state index in [1.807, 2.05) is 69.3 Å². The van der Waals surface area contributed by atoms with Crippen molar-refractivity contribution < 1.29 is 14.0 Å². The minimum absolute atomic E-state index is 0.173. The number of rotatable bonds is 7. The van der Waals surface area contributed by atoms with Gasteiger partial charge in [-0.15, -0.1) is 0 Å². The van der Waals surface area contributed by atoms with Crippen LogP contribution in [0.15, 0.2) is 84.9 Å². The van der Waals surface area contributed by atoms with Crippen LogP contribution in [0, 0.1) is 5.82 Å². The molecule has 3 amide bonds. The molecule has 0 fully saturated rings. The van der Waals surface area contributed by atoms with Crippen LogP contribution in [0.3, 0.4) is 0 Å². The van der Waals surface area contributed by atoms with Crippen molar-refractivity contribution in [3.8, 4) is 5.69 Å². The van der Waals surface area contributed by atoms with Crippen LogP contribution in [-0.4, -0.2) is 33.2 Å². The van der Waals surface area contributed by atoms with Gasteiger partial charge in [-0.05, 0) is 35.9 Å². The molecule has 38 heavy (non-hydrogen) atoms. The summed E-state index contributed by atoms with van der Waals surface area (Å²) in [6.07, 6.45) is 0. The number of hydrogen-bond acceptors (Lipinski definition) is 3.